The van der Waals surface area contributed by atoms with Crippen LogP contribution < -0.4 is 9.62 Å². The molecule has 7 nitrogen and oxygen atoms in total. The number of nitrogens with zero attached hydrogens (tertiary/aromatic N) is 2. The molecule has 1 aromatic heterocycles. The minimum absolute atomic E-state index is 0.0286. The Balaban J connectivity index is 1.66. The fourth-order valence-corrected chi connectivity index (χ4v) is 5.07. The third-order valence-corrected chi connectivity index (χ3v) is 7.08. The van der Waals surface area contributed by atoms with Crippen molar-refractivity contribution in [2.75, 3.05) is 16.2 Å². The Morgan fingerprint density at radius 3 is 2.56 bits per heavy atom. The molecule has 0 unspecified atom stereocenters. The van der Waals surface area contributed by atoms with Gasteiger partial charge in [-0.15, -0.1) is 0 Å². The van der Waals surface area contributed by atoms with Gasteiger partial charge in [0.2, 0.25) is 0 Å². The second kappa shape index (κ2) is 8.64. The van der Waals surface area contributed by atoms with E-state index < -0.39 is 15.9 Å². The highest BCUT2D eigenvalue weighted by Gasteiger charge is 2.25. The smallest absolute Gasteiger partial charge is 0.264 e. The van der Waals surface area contributed by atoms with E-state index in [1.807, 2.05) is 6.07 Å². The first-order valence-electron chi connectivity index (χ1n) is 9.85. The molecule has 1 N–H and O–H groups in total. The van der Waals surface area contributed by atoms with Gasteiger partial charge in [0.15, 0.2) is 11.5 Å². The number of aromatic nitrogens is 1. The van der Waals surface area contributed by atoms with Crippen LogP contribution in [0.3, 0.4) is 0 Å². The average molecular weight is 470 g/mol. The molecule has 0 saturated heterocycles. The molecule has 0 fully saturated rings. The van der Waals surface area contributed by atoms with E-state index in [4.69, 9.17) is 16.0 Å². The highest BCUT2D eigenvalue weighted by molar-refractivity contribution is 7.92. The number of benzene rings is 3. The summed E-state index contributed by atoms with van der Waals surface area (Å²) in [5.74, 6) is -0.0197. The lowest BCUT2D eigenvalue weighted by Gasteiger charge is -2.23. The summed E-state index contributed by atoms with van der Waals surface area (Å²) in [4.78, 5) is 17.1. The quantitative estimate of drug-likeness (QED) is 0.416. The number of sulfonamides is 1. The van der Waals surface area contributed by atoms with Crippen molar-refractivity contribution in [2.45, 2.75) is 18.7 Å². The summed E-state index contributed by atoms with van der Waals surface area (Å²) in [6.45, 7) is 3.71. The zero-order valence-electron chi connectivity index (χ0n) is 17.4. The van der Waals surface area contributed by atoms with Gasteiger partial charge in [-0.2, -0.15) is 0 Å². The summed E-state index contributed by atoms with van der Waals surface area (Å²) in [6.07, 6.45) is 0. The van der Waals surface area contributed by atoms with Crippen molar-refractivity contribution in [2.24, 2.45) is 0 Å². The number of aryl methyl sites for hydroxylation is 1. The van der Waals surface area contributed by atoms with Crippen molar-refractivity contribution in [1.82, 2.24) is 4.98 Å². The molecule has 0 radical (unpaired) electrons. The number of fused-ring (bicyclic) bond motifs is 1. The van der Waals surface area contributed by atoms with Crippen molar-refractivity contribution < 1.29 is 17.6 Å². The number of nitrogens with one attached hydrogen (secondary N) is 1. The van der Waals surface area contributed by atoms with Crippen LogP contribution in [0.5, 0.6) is 0 Å². The second-order valence-electron chi connectivity index (χ2n) is 7.02. The molecule has 0 bridgehead atoms. The standard InChI is InChI=1S/C23H20ClN3O4S/c1-3-27(17-7-5-4-6-8-17)32(29,30)18-10-11-20(24)19(14-18)23(28)26-16-9-12-21-22(13-16)31-15(2)25-21/h4-14H,3H2,1-2H3,(H,26,28). The molecule has 4 aromatic rings. The largest absolute Gasteiger partial charge is 0.441 e. The number of amides is 1. The minimum atomic E-state index is -3.90. The van der Waals surface area contributed by atoms with Crippen molar-refractivity contribution >= 4 is 50.0 Å². The average Bonchev–Trinajstić information content (AvgIpc) is 3.14. The molecule has 4 rings (SSSR count). The van der Waals surface area contributed by atoms with Crippen molar-refractivity contribution in [1.29, 1.82) is 0 Å². The SMILES string of the molecule is CCN(c1ccccc1)S(=O)(=O)c1ccc(Cl)c(C(=O)Nc2ccc3nc(C)oc3c2)c1. The second-order valence-corrected chi connectivity index (χ2v) is 9.29. The van der Waals surface area contributed by atoms with Crippen LogP contribution in [0.25, 0.3) is 11.1 Å². The van der Waals surface area contributed by atoms with Gasteiger partial charge < -0.3 is 9.73 Å². The number of rotatable bonds is 6. The number of carbonyl (C=O) groups is 1. The first kappa shape index (κ1) is 21.9. The van der Waals surface area contributed by atoms with Crippen molar-refractivity contribution in [3.63, 3.8) is 0 Å². The van der Waals surface area contributed by atoms with Crippen LogP contribution in [0, 0.1) is 6.92 Å². The number of hydrogen-bond acceptors (Lipinski definition) is 5. The Morgan fingerprint density at radius 1 is 1.09 bits per heavy atom. The zero-order chi connectivity index (χ0) is 22.9. The highest BCUT2D eigenvalue weighted by Crippen LogP contribution is 2.27. The van der Waals surface area contributed by atoms with Crippen LogP contribution in [-0.4, -0.2) is 25.9 Å². The summed E-state index contributed by atoms with van der Waals surface area (Å²) in [7, 11) is -3.90. The Morgan fingerprint density at radius 2 is 1.84 bits per heavy atom. The molecular weight excluding hydrogens is 450 g/mol. The molecule has 0 saturated carbocycles. The van der Waals surface area contributed by atoms with Crippen molar-refractivity contribution in [3.05, 3.63) is 83.2 Å². The van der Waals surface area contributed by atoms with E-state index in [1.165, 1.54) is 22.5 Å². The van der Waals surface area contributed by atoms with Crippen molar-refractivity contribution in [3.8, 4) is 0 Å². The maximum atomic E-state index is 13.3. The van der Waals surface area contributed by atoms with Crippen LogP contribution in [0.2, 0.25) is 5.02 Å². The van der Waals surface area contributed by atoms with Gasteiger partial charge in [-0.1, -0.05) is 29.8 Å². The van der Waals surface area contributed by atoms with E-state index in [-0.39, 0.29) is 22.0 Å². The Labute approximate surface area is 190 Å². The lowest BCUT2D eigenvalue weighted by molar-refractivity contribution is 0.102. The third-order valence-electron chi connectivity index (χ3n) is 4.86. The summed E-state index contributed by atoms with van der Waals surface area (Å²) in [5, 5.41) is 2.87. The van der Waals surface area contributed by atoms with E-state index in [1.54, 1.807) is 56.3 Å². The molecule has 0 atom stereocenters. The van der Waals surface area contributed by atoms with Gasteiger partial charge in [-0.05, 0) is 49.4 Å². The predicted octanol–water partition coefficient (Wildman–Crippen LogP) is 5.26. The van der Waals surface area contributed by atoms with Crippen LogP contribution in [0.15, 0.2) is 76.0 Å². The number of halogens is 1. The van der Waals surface area contributed by atoms with Gasteiger partial charge in [-0.3, -0.25) is 9.10 Å². The van der Waals surface area contributed by atoms with Crippen LogP contribution in [-0.2, 0) is 10.0 Å². The van der Waals surface area contributed by atoms with E-state index in [0.29, 0.717) is 28.4 Å². The fraction of sp³-hybridized carbons (Fsp3) is 0.130. The molecule has 1 amide bonds. The van der Waals surface area contributed by atoms with Crippen LogP contribution >= 0.6 is 11.6 Å². The maximum Gasteiger partial charge on any atom is 0.264 e. The predicted molar refractivity (Wildman–Crippen MR) is 125 cm³/mol. The molecule has 9 heteroatoms. The van der Waals surface area contributed by atoms with Gasteiger partial charge in [0.25, 0.3) is 15.9 Å². The normalized spacial score (nSPS) is 11.5. The van der Waals surface area contributed by atoms with E-state index in [2.05, 4.69) is 10.3 Å². The Hall–Kier alpha value is -3.36. The Kier molecular flexibility index (Phi) is 5.90. The van der Waals surface area contributed by atoms with E-state index in [9.17, 15) is 13.2 Å². The first-order valence-corrected chi connectivity index (χ1v) is 11.7. The highest BCUT2D eigenvalue weighted by atomic mass is 35.5. The molecule has 1 heterocycles. The lowest BCUT2D eigenvalue weighted by Crippen LogP contribution is -2.31. The number of anilines is 2. The van der Waals surface area contributed by atoms with Gasteiger partial charge in [0.05, 0.1) is 21.2 Å². The number of carbonyl (C=O) groups excluding carboxylic acids is 1. The van der Waals surface area contributed by atoms with Crippen LogP contribution in [0.4, 0.5) is 11.4 Å². The zero-order valence-corrected chi connectivity index (χ0v) is 18.9. The van der Waals surface area contributed by atoms with Gasteiger partial charge in [0, 0.05) is 25.2 Å². The molecule has 0 aliphatic heterocycles. The van der Waals surface area contributed by atoms with E-state index >= 15 is 0 Å². The number of hydrogen-bond donors (Lipinski definition) is 1. The monoisotopic (exact) mass is 469 g/mol. The number of para-hydroxylation sites is 1. The maximum absolute atomic E-state index is 13.3. The molecule has 0 aliphatic rings. The summed E-state index contributed by atoms with van der Waals surface area (Å²) in [5.41, 5.74) is 2.26. The summed E-state index contributed by atoms with van der Waals surface area (Å²) >= 11 is 6.24. The van der Waals surface area contributed by atoms with Gasteiger partial charge >= 0.3 is 0 Å². The van der Waals surface area contributed by atoms with E-state index in [0.717, 1.165) is 0 Å². The Bertz CT molecular complexity index is 1400. The summed E-state index contributed by atoms with van der Waals surface area (Å²) in [6, 6.07) is 17.9. The molecule has 0 aliphatic carbocycles. The molecule has 32 heavy (non-hydrogen) atoms. The molecular formula is C23H20ClN3O4S. The fourth-order valence-electron chi connectivity index (χ4n) is 3.37. The topological polar surface area (TPSA) is 92.5 Å². The van der Waals surface area contributed by atoms with Crippen LogP contribution in [0.1, 0.15) is 23.2 Å². The minimum Gasteiger partial charge on any atom is -0.441 e. The van der Waals surface area contributed by atoms with Gasteiger partial charge in [-0.25, -0.2) is 13.4 Å². The van der Waals surface area contributed by atoms with Gasteiger partial charge in [0.1, 0.15) is 5.52 Å². The summed E-state index contributed by atoms with van der Waals surface area (Å²) < 4.78 is 33.3. The molecule has 0 spiro atoms. The number of oxazole rings is 1. The third kappa shape index (κ3) is 4.19. The molecule has 3 aromatic carbocycles. The lowest BCUT2D eigenvalue weighted by atomic mass is 10.2. The molecule has 164 valence electrons. The first-order chi connectivity index (χ1) is 15.3.